The molecule has 0 bridgehead atoms. The maximum atomic E-state index is 11.0. The number of carboxylic acid groups (broad SMARTS) is 1. The van der Waals surface area contributed by atoms with E-state index in [1.54, 1.807) is 18.2 Å². The molecule has 2 rings (SSSR count). The fraction of sp³-hybridized carbons (Fsp3) is 0.0667. The smallest absolute Gasteiger partial charge is 0.335 e. The highest BCUT2D eigenvalue weighted by Gasteiger charge is 2.12. The van der Waals surface area contributed by atoms with Crippen molar-refractivity contribution in [3.63, 3.8) is 0 Å². The largest absolute Gasteiger partial charge is 0.478 e. The molecule has 0 aliphatic carbocycles. The number of carbonyl (C=O) groups is 1. The van der Waals surface area contributed by atoms with Crippen molar-refractivity contribution in [2.75, 3.05) is 0 Å². The average Bonchev–Trinajstić information content (AvgIpc) is 2.42. The van der Waals surface area contributed by atoms with Crippen molar-refractivity contribution in [2.24, 2.45) is 0 Å². The Bertz CT molecular complexity index is 720. The number of nitriles is 1. The van der Waals surface area contributed by atoms with Gasteiger partial charge in [-0.05, 0) is 59.3 Å². The van der Waals surface area contributed by atoms with Gasteiger partial charge < -0.3 is 9.84 Å². The molecule has 0 saturated carbocycles. The Balaban J connectivity index is 2.48. The fourth-order valence-electron chi connectivity index (χ4n) is 1.70. The second-order valence-corrected chi connectivity index (χ2v) is 5.28. The van der Waals surface area contributed by atoms with E-state index in [1.165, 1.54) is 12.1 Å². The summed E-state index contributed by atoms with van der Waals surface area (Å²) in [5.41, 5.74) is 1.38. The molecule has 0 aliphatic rings. The third-order valence-electron chi connectivity index (χ3n) is 2.72. The molecule has 0 aliphatic heterocycles. The number of hydrogen-bond acceptors (Lipinski definition) is 3. The molecule has 0 radical (unpaired) electrons. The van der Waals surface area contributed by atoms with E-state index >= 15 is 0 Å². The number of hydrogen-bond donors (Lipinski definition) is 1. The minimum atomic E-state index is -1.02. The third-order valence-corrected chi connectivity index (χ3v) is 3.61. The highest BCUT2D eigenvalue weighted by molar-refractivity contribution is 14.1. The first kappa shape index (κ1) is 14.3. The average molecular weight is 379 g/mol. The van der Waals surface area contributed by atoms with Crippen LogP contribution in [0.2, 0.25) is 0 Å². The Morgan fingerprint density at radius 2 is 2.10 bits per heavy atom. The summed E-state index contributed by atoms with van der Waals surface area (Å²) >= 11 is 2.06. The Labute approximate surface area is 129 Å². The first-order chi connectivity index (χ1) is 9.52. The number of aromatic carboxylic acids is 1. The summed E-state index contributed by atoms with van der Waals surface area (Å²) in [6.45, 7) is 1.84. The molecule has 0 aromatic heterocycles. The molecule has 4 nitrogen and oxygen atoms in total. The fourth-order valence-corrected chi connectivity index (χ4v) is 2.15. The maximum absolute atomic E-state index is 11.0. The van der Waals surface area contributed by atoms with Crippen LogP contribution >= 0.6 is 22.6 Å². The van der Waals surface area contributed by atoms with E-state index < -0.39 is 5.97 Å². The zero-order chi connectivity index (χ0) is 14.7. The van der Waals surface area contributed by atoms with E-state index in [-0.39, 0.29) is 5.56 Å². The summed E-state index contributed by atoms with van der Waals surface area (Å²) in [6, 6.07) is 12.0. The number of benzene rings is 2. The van der Waals surface area contributed by atoms with Gasteiger partial charge in [0.2, 0.25) is 0 Å². The topological polar surface area (TPSA) is 70.3 Å². The first-order valence-electron chi connectivity index (χ1n) is 5.73. The molecule has 0 spiro atoms. The lowest BCUT2D eigenvalue weighted by Crippen LogP contribution is -1.99. The van der Waals surface area contributed by atoms with Gasteiger partial charge in [-0.2, -0.15) is 5.26 Å². The van der Waals surface area contributed by atoms with E-state index in [2.05, 4.69) is 28.7 Å². The van der Waals surface area contributed by atoms with Gasteiger partial charge in [0.25, 0.3) is 0 Å². The highest BCUT2D eigenvalue weighted by atomic mass is 127. The van der Waals surface area contributed by atoms with Crippen LogP contribution in [0.25, 0.3) is 0 Å². The van der Waals surface area contributed by atoms with Crippen LogP contribution in [-0.2, 0) is 0 Å². The van der Waals surface area contributed by atoms with Gasteiger partial charge >= 0.3 is 5.97 Å². The summed E-state index contributed by atoms with van der Waals surface area (Å²) in [5.74, 6) is -0.136. The number of rotatable bonds is 3. The van der Waals surface area contributed by atoms with Crippen molar-refractivity contribution in [3.8, 4) is 17.6 Å². The molecule has 0 unspecified atom stereocenters. The molecule has 1 N–H and O–H groups in total. The van der Waals surface area contributed by atoms with Gasteiger partial charge in [-0.25, -0.2) is 4.79 Å². The van der Waals surface area contributed by atoms with Gasteiger partial charge in [-0.1, -0.05) is 12.1 Å². The van der Waals surface area contributed by atoms with Crippen molar-refractivity contribution < 1.29 is 14.6 Å². The van der Waals surface area contributed by atoms with Crippen LogP contribution in [0, 0.1) is 21.8 Å². The Morgan fingerprint density at radius 1 is 1.35 bits per heavy atom. The number of nitrogens with zero attached hydrogens (tertiary/aromatic N) is 1. The van der Waals surface area contributed by atoms with E-state index in [4.69, 9.17) is 15.1 Å². The SMILES string of the molecule is Cc1cccc(C#N)c1Oc1cc(C(=O)O)ccc1I. The van der Waals surface area contributed by atoms with E-state index in [9.17, 15) is 4.79 Å². The van der Waals surface area contributed by atoms with Crippen molar-refractivity contribution in [1.29, 1.82) is 5.26 Å². The normalized spacial score (nSPS) is 9.85. The number of halogens is 1. The van der Waals surface area contributed by atoms with Crippen molar-refractivity contribution in [3.05, 3.63) is 56.7 Å². The highest BCUT2D eigenvalue weighted by Crippen LogP contribution is 2.32. The number of carboxylic acids is 1. The van der Waals surface area contributed by atoms with E-state index in [0.717, 1.165) is 9.13 Å². The van der Waals surface area contributed by atoms with Crippen LogP contribution in [-0.4, -0.2) is 11.1 Å². The van der Waals surface area contributed by atoms with Gasteiger partial charge in [-0.15, -0.1) is 0 Å². The number of ether oxygens (including phenoxy) is 1. The third kappa shape index (κ3) is 2.91. The second kappa shape index (κ2) is 5.92. The van der Waals surface area contributed by atoms with Gasteiger partial charge in [0.05, 0.1) is 14.7 Å². The lowest BCUT2D eigenvalue weighted by Gasteiger charge is -2.12. The molecule has 0 fully saturated rings. The van der Waals surface area contributed by atoms with Crippen molar-refractivity contribution >= 4 is 28.6 Å². The van der Waals surface area contributed by atoms with E-state index in [1.807, 2.05) is 13.0 Å². The summed E-state index contributed by atoms with van der Waals surface area (Å²) in [7, 11) is 0. The summed E-state index contributed by atoms with van der Waals surface area (Å²) in [4.78, 5) is 11.0. The van der Waals surface area contributed by atoms with Crippen molar-refractivity contribution in [2.45, 2.75) is 6.92 Å². The molecule has 2 aromatic rings. The molecule has 20 heavy (non-hydrogen) atoms. The van der Waals surface area contributed by atoms with Gasteiger partial charge in [0.1, 0.15) is 17.6 Å². The summed E-state index contributed by atoms with van der Waals surface area (Å²) in [5, 5.41) is 18.1. The maximum Gasteiger partial charge on any atom is 0.335 e. The molecule has 0 amide bonds. The lowest BCUT2D eigenvalue weighted by molar-refractivity contribution is 0.0696. The molecule has 2 aromatic carbocycles. The first-order valence-corrected chi connectivity index (χ1v) is 6.81. The predicted molar refractivity (Wildman–Crippen MR) is 82.1 cm³/mol. The van der Waals surface area contributed by atoms with Crippen LogP contribution < -0.4 is 4.74 Å². The molecular weight excluding hydrogens is 369 g/mol. The Morgan fingerprint density at radius 3 is 2.75 bits per heavy atom. The number of aryl methyl sites for hydroxylation is 1. The van der Waals surface area contributed by atoms with Gasteiger partial charge in [-0.3, -0.25) is 0 Å². The molecule has 0 atom stereocenters. The van der Waals surface area contributed by atoms with Crippen LogP contribution in [0.3, 0.4) is 0 Å². The van der Waals surface area contributed by atoms with E-state index in [0.29, 0.717) is 17.1 Å². The standard InChI is InChI=1S/C15H10INO3/c1-9-3-2-4-11(8-17)14(9)20-13-7-10(15(18)19)5-6-12(13)16/h2-7H,1H3,(H,18,19). The van der Waals surface area contributed by atoms with Crippen LogP contribution in [0.5, 0.6) is 11.5 Å². The zero-order valence-electron chi connectivity index (χ0n) is 10.6. The lowest BCUT2D eigenvalue weighted by atomic mass is 10.1. The minimum Gasteiger partial charge on any atom is -0.478 e. The predicted octanol–water partition coefficient (Wildman–Crippen LogP) is 3.96. The zero-order valence-corrected chi connectivity index (χ0v) is 12.7. The minimum absolute atomic E-state index is 0.146. The Kier molecular flexibility index (Phi) is 4.25. The number of para-hydroxylation sites is 1. The van der Waals surface area contributed by atoms with Gasteiger partial charge in [0.15, 0.2) is 0 Å². The van der Waals surface area contributed by atoms with Crippen LogP contribution in [0.15, 0.2) is 36.4 Å². The monoisotopic (exact) mass is 379 g/mol. The van der Waals surface area contributed by atoms with Crippen molar-refractivity contribution in [1.82, 2.24) is 0 Å². The van der Waals surface area contributed by atoms with Crippen LogP contribution in [0.1, 0.15) is 21.5 Å². The second-order valence-electron chi connectivity index (χ2n) is 4.12. The molecule has 0 saturated heterocycles. The summed E-state index contributed by atoms with van der Waals surface area (Å²) in [6.07, 6.45) is 0. The van der Waals surface area contributed by atoms with Gasteiger partial charge in [0, 0.05) is 0 Å². The molecule has 100 valence electrons. The summed E-state index contributed by atoms with van der Waals surface area (Å²) < 4.78 is 6.54. The Hall–Kier alpha value is -2.07. The molecular formula is C15H10INO3. The quantitative estimate of drug-likeness (QED) is 0.820. The molecule has 0 heterocycles. The molecule has 5 heteroatoms. The van der Waals surface area contributed by atoms with Crippen LogP contribution in [0.4, 0.5) is 0 Å².